The van der Waals surface area contributed by atoms with Crippen molar-refractivity contribution < 1.29 is 18.4 Å². The van der Waals surface area contributed by atoms with Gasteiger partial charge in [0.05, 0.1) is 24.2 Å². The Kier molecular flexibility index (Phi) is 6.77. The molecule has 2 saturated heterocycles. The molecule has 0 unspecified atom stereocenters. The van der Waals surface area contributed by atoms with Gasteiger partial charge in [-0.1, -0.05) is 40.2 Å². The second-order valence-corrected chi connectivity index (χ2v) is 9.76. The van der Waals surface area contributed by atoms with Crippen molar-refractivity contribution >= 4 is 33.4 Å². The summed E-state index contributed by atoms with van der Waals surface area (Å²) in [5.74, 6) is -1.01. The number of nitrogens with zero attached hydrogens (tertiary/aromatic N) is 3. The van der Waals surface area contributed by atoms with E-state index in [0.29, 0.717) is 31.9 Å². The second kappa shape index (κ2) is 9.97. The molecule has 0 N–H and O–H groups in total. The summed E-state index contributed by atoms with van der Waals surface area (Å²) in [4.78, 5) is 31.5. The van der Waals surface area contributed by atoms with Crippen molar-refractivity contribution in [2.45, 2.75) is 18.5 Å². The summed E-state index contributed by atoms with van der Waals surface area (Å²) in [5.41, 5.74) is 2.41. The van der Waals surface area contributed by atoms with Gasteiger partial charge in [0.15, 0.2) is 0 Å². The summed E-state index contributed by atoms with van der Waals surface area (Å²) in [7, 11) is 0. The zero-order valence-corrected chi connectivity index (χ0v) is 20.5. The fourth-order valence-corrected chi connectivity index (χ4v) is 5.24. The Hall–Kier alpha value is -2.94. The summed E-state index contributed by atoms with van der Waals surface area (Å²) >= 11 is 3.38. The van der Waals surface area contributed by atoms with Crippen molar-refractivity contribution in [1.29, 1.82) is 0 Å². The first kappa shape index (κ1) is 23.8. The molecular formula is C27H24BrF2N3O2. The smallest absolute Gasteiger partial charge is 0.251 e. The van der Waals surface area contributed by atoms with Crippen LogP contribution in [-0.2, 0) is 9.59 Å². The van der Waals surface area contributed by atoms with Crippen molar-refractivity contribution in [2.75, 3.05) is 31.1 Å². The van der Waals surface area contributed by atoms with Crippen molar-refractivity contribution in [3.63, 3.8) is 0 Å². The van der Waals surface area contributed by atoms with E-state index in [1.165, 1.54) is 29.2 Å². The third-order valence-corrected chi connectivity index (χ3v) is 7.26. The first-order valence-corrected chi connectivity index (χ1v) is 12.3. The van der Waals surface area contributed by atoms with Gasteiger partial charge in [0.25, 0.3) is 5.91 Å². The second-order valence-electron chi connectivity index (χ2n) is 8.84. The minimum absolute atomic E-state index is 0.161. The number of hydrogen-bond acceptors (Lipinski definition) is 4. The fourth-order valence-electron chi connectivity index (χ4n) is 4.97. The molecule has 5 rings (SSSR count). The number of anilines is 1. The molecule has 3 aromatic rings. The highest BCUT2D eigenvalue weighted by Crippen LogP contribution is 2.32. The molecule has 5 nitrogen and oxygen atoms in total. The van der Waals surface area contributed by atoms with Gasteiger partial charge in [-0.2, -0.15) is 0 Å². The molecule has 0 saturated carbocycles. The lowest BCUT2D eigenvalue weighted by Crippen LogP contribution is -2.53. The number of hydrogen-bond donors (Lipinski definition) is 0. The Balaban J connectivity index is 1.32. The fraction of sp³-hybridized carbons (Fsp3) is 0.259. The van der Waals surface area contributed by atoms with Crippen LogP contribution in [-0.4, -0.2) is 53.8 Å². The zero-order valence-electron chi connectivity index (χ0n) is 18.9. The maximum Gasteiger partial charge on any atom is 0.251 e. The van der Waals surface area contributed by atoms with E-state index in [0.717, 1.165) is 15.6 Å². The van der Waals surface area contributed by atoms with Crippen LogP contribution in [0.4, 0.5) is 14.5 Å². The SMILES string of the molecule is O=C1C[C@@H](N2CCN(C(c3ccc(F)cc3)c3ccc(F)cc3)CC2)C(=O)N1c1ccc(Br)cc1. The largest absolute Gasteiger partial charge is 0.290 e. The zero-order chi connectivity index (χ0) is 24.5. The van der Waals surface area contributed by atoms with E-state index in [1.807, 2.05) is 12.1 Å². The van der Waals surface area contributed by atoms with Gasteiger partial charge in [0.1, 0.15) is 11.6 Å². The van der Waals surface area contributed by atoms with Crippen LogP contribution >= 0.6 is 15.9 Å². The Labute approximate surface area is 211 Å². The van der Waals surface area contributed by atoms with Gasteiger partial charge in [0, 0.05) is 30.7 Å². The predicted octanol–water partition coefficient (Wildman–Crippen LogP) is 4.77. The average molecular weight is 540 g/mol. The molecule has 8 heteroatoms. The molecule has 0 aromatic heterocycles. The standard InChI is InChI=1S/C27H24BrF2N3O2/c28-20-5-11-23(12-6-20)33-25(34)17-24(27(33)35)31-13-15-32(16-14-31)26(18-1-7-21(29)8-2-18)19-3-9-22(30)10-4-19/h1-12,24,26H,13-17H2/t24-/m1/s1. The highest BCUT2D eigenvalue weighted by atomic mass is 79.9. The minimum atomic E-state index is -0.483. The van der Waals surface area contributed by atoms with Gasteiger partial charge in [-0.05, 0) is 59.7 Å². The Bertz CT molecular complexity index is 1170. The monoisotopic (exact) mass is 539 g/mol. The third-order valence-electron chi connectivity index (χ3n) is 6.73. The number of rotatable bonds is 5. The number of halogens is 3. The van der Waals surface area contributed by atoms with E-state index in [-0.39, 0.29) is 35.9 Å². The summed E-state index contributed by atoms with van der Waals surface area (Å²) in [6.45, 7) is 2.51. The molecule has 0 spiro atoms. The molecule has 3 aromatic carbocycles. The molecule has 1 atom stereocenters. The van der Waals surface area contributed by atoms with Crippen molar-refractivity contribution in [1.82, 2.24) is 9.80 Å². The maximum absolute atomic E-state index is 13.6. The van der Waals surface area contributed by atoms with Crippen LogP contribution in [0.25, 0.3) is 0 Å². The van der Waals surface area contributed by atoms with E-state index in [1.54, 1.807) is 36.4 Å². The van der Waals surface area contributed by atoms with E-state index >= 15 is 0 Å². The molecule has 35 heavy (non-hydrogen) atoms. The van der Waals surface area contributed by atoms with Gasteiger partial charge in [-0.25, -0.2) is 13.7 Å². The third kappa shape index (κ3) is 4.91. The lowest BCUT2D eigenvalue weighted by Gasteiger charge is -2.41. The topological polar surface area (TPSA) is 43.9 Å². The van der Waals surface area contributed by atoms with Gasteiger partial charge in [-0.3, -0.25) is 19.4 Å². The molecule has 2 heterocycles. The molecule has 0 aliphatic carbocycles. The number of carbonyl (C=O) groups excluding carboxylic acids is 2. The molecule has 2 amide bonds. The average Bonchev–Trinajstić information content (AvgIpc) is 3.16. The highest BCUT2D eigenvalue weighted by molar-refractivity contribution is 9.10. The molecule has 2 aliphatic rings. The quantitative estimate of drug-likeness (QED) is 0.438. The molecular weight excluding hydrogens is 516 g/mol. The Morgan fingerprint density at radius 1 is 0.743 bits per heavy atom. The van der Waals surface area contributed by atoms with Crippen molar-refractivity contribution in [3.05, 3.63) is 100 Å². The summed E-state index contributed by atoms with van der Waals surface area (Å²) in [6.07, 6.45) is 0.161. The predicted molar refractivity (Wildman–Crippen MR) is 133 cm³/mol. The molecule has 2 fully saturated rings. The first-order valence-electron chi connectivity index (χ1n) is 11.5. The molecule has 0 bridgehead atoms. The van der Waals surface area contributed by atoms with Gasteiger partial charge < -0.3 is 0 Å². The molecule has 180 valence electrons. The van der Waals surface area contributed by atoms with E-state index in [9.17, 15) is 18.4 Å². The normalized spacial score (nSPS) is 19.7. The van der Waals surface area contributed by atoms with Crippen LogP contribution in [0.2, 0.25) is 0 Å². The number of piperazine rings is 1. The number of carbonyl (C=O) groups is 2. The molecule has 2 aliphatic heterocycles. The van der Waals surface area contributed by atoms with Crippen LogP contribution in [0, 0.1) is 11.6 Å². The number of amides is 2. The lowest BCUT2D eigenvalue weighted by atomic mass is 9.96. The van der Waals surface area contributed by atoms with E-state index in [4.69, 9.17) is 0 Å². The number of imide groups is 1. The van der Waals surface area contributed by atoms with Crippen LogP contribution in [0.1, 0.15) is 23.6 Å². The van der Waals surface area contributed by atoms with E-state index in [2.05, 4.69) is 25.7 Å². The maximum atomic E-state index is 13.6. The van der Waals surface area contributed by atoms with Gasteiger partial charge >= 0.3 is 0 Å². The first-order chi connectivity index (χ1) is 16.9. The lowest BCUT2D eigenvalue weighted by molar-refractivity contribution is -0.123. The summed E-state index contributed by atoms with van der Waals surface area (Å²) < 4.78 is 28.0. The highest BCUT2D eigenvalue weighted by Gasteiger charge is 2.43. The van der Waals surface area contributed by atoms with Crippen LogP contribution < -0.4 is 4.90 Å². The minimum Gasteiger partial charge on any atom is -0.290 e. The van der Waals surface area contributed by atoms with Crippen molar-refractivity contribution in [2.24, 2.45) is 0 Å². The number of benzene rings is 3. The van der Waals surface area contributed by atoms with Crippen LogP contribution in [0.15, 0.2) is 77.3 Å². The Morgan fingerprint density at radius 3 is 1.77 bits per heavy atom. The molecule has 0 radical (unpaired) electrons. The summed E-state index contributed by atoms with van der Waals surface area (Å²) in [5, 5.41) is 0. The van der Waals surface area contributed by atoms with Gasteiger partial charge in [-0.15, -0.1) is 0 Å². The van der Waals surface area contributed by atoms with Crippen LogP contribution in [0.3, 0.4) is 0 Å². The van der Waals surface area contributed by atoms with Crippen molar-refractivity contribution in [3.8, 4) is 0 Å². The van der Waals surface area contributed by atoms with E-state index < -0.39 is 6.04 Å². The van der Waals surface area contributed by atoms with Gasteiger partial charge in [0.2, 0.25) is 5.91 Å². The Morgan fingerprint density at radius 2 is 1.26 bits per heavy atom. The summed E-state index contributed by atoms with van der Waals surface area (Å²) in [6, 6.07) is 19.2. The van der Waals surface area contributed by atoms with Crippen LogP contribution in [0.5, 0.6) is 0 Å².